The zero-order valence-electron chi connectivity index (χ0n) is 12.4. The van der Waals surface area contributed by atoms with E-state index in [0.29, 0.717) is 0 Å². The lowest BCUT2D eigenvalue weighted by Gasteiger charge is -1.96. The fraction of sp³-hybridized carbons (Fsp3) is 0.611. The van der Waals surface area contributed by atoms with Crippen molar-refractivity contribution in [3.05, 3.63) is 0 Å². The van der Waals surface area contributed by atoms with Gasteiger partial charge in [-0.05, 0) is 42.9 Å². The van der Waals surface area contributed by atoms with Crippen LogP contribution in [-0.4, -0.2) is 11.1 Å². The molecule has 108 valence electrons. The minimum Gasteiger partial charge on any atom is -0.481 e. The average molecular weight is 272 g/mol. The van der Waals surface area contributed by atoms with Crippen molar-refractivity contribution in [1.82, 2.24) is 0 Å². The molecule has 0 heterocycles. The number of carbonyl (C=O) groups is 1. The zero-order valence-corrected chi connectivity index (χ0v) is 12.4. The summed E-state index contributed by atoms with van der Waals surface area (Å²) >= 11 is 0. The van der Waals surface area contributed by atoms with Gasteiger partial charge in [-0.1, -0.05) is 44.4 Å². The second-order valence-corrected chi connectivity index (χ2v) is 4.62. The Bertz CT molecular complexity index is 429. The predicted molar refractivity (Wildman–Crippen MR) is 82.8 cm³/mol. The number of carboxylic acid groups (broad SMARTS) is 1. The SMILES string of the molecule is CCCCC#CC#CC#CCCCCCCCC(=O)O. The third-order valence-electron chi connectivity index (χ3n) is 2.71. The van der Waals surface area contributed by atoms with Gasteiger partial charge in [-0.2, -0.15) is 0 Å². The Morgan fingerprint density at radius 2 is 1.35 bits per heavy atom. The molecule has 0 spiro atoms. The van der Waals surface area contributed by atoms with Crippen molar-refractivity contribution in [2.24, 2.45) is 0 Å². The van der Waals surface area contributed by atoms with Crippen LogP contribution in [0.3, 0.4) is 0 Å². The molecule has 0 aliphatic heterocycles. The highest BCUT2D eigenvalue weighted by Crippen LogP contribution is 2.06. The van der Waals surface area contributed by atoms with Gasteiger partial charge in [0.1, 0.15) is 0 Å². The van der Waals surface area contributed by atoms with E-state index >= 15 is 0 Å². The van der Waals surface area contributed by atoms with E-state index in [4.69, 9.17) is 5.11 Å². The van der Waals surface area contributed by atoms with Crippen LogP contribution in [0.5, 0.6) is 0 Å². The number of unbranched alkanes of at least 4 members (excludes halogenated alkanes) is 7. The maximum atomic E-state index is 10.3. The summed E-state index contributed by atoms with van der Waals surface area (Å²) in [7, 11) is 0. The number of hydrogen-bond donors (Lipinski definition) is 1. The molecule has 0 saturated heterocycles. The van der Waals surface area contributed by atoms with Crippen molar-refractivity contribution >= 4 is 5.97 Å². The summed E-state index contributed by atoms with van der Waals surface area (Å²) in [6.07, 6.45) is 9.39. The summed E-state index contributed by atoms with van der Waals surface area (Å²) in [4.78, 5) is 10.3. The highest BCUT2D eigenvalue weighted by atomic mass is 16.4. The lowest BCUT2D eigenvalue weighted by molar-refractivity contribution is -0.137. The summed E-state index contributed by atoms with van der Waals surface area (Å²) in [6, 6.07) is 0. The molecule has 0 saturated carbocycles. The molecule has 2 nitrogen and oxygen atoms in total. The van der Waals surface area contributed by atoms with Crippen LogP contribution in [-0.2, 0) is 4.79 Å². The Balaban J connectivity index is 3.42. The van der Waals surface area contributed by atoms with E-state index in [9.17, 15) is 4.79 Å². The molecular weight excluding hydrogens is 248 g/mol. The fourth-order valence-corrected chi connectivity index (χ4v) is 1.56. The van der Waals surface area contributed by atoms with Crippen LogP contribution in [0.15, 0.2) is 0 Å². The molecule has 0 aromatic heterocycles. The van der Waals surface area contributed by atoms with E-state index < -0.39 is 5.97 Å². The molecule has 0 fully saturated rings. The minimum absolute atomic E-state index is 0.286. The smallest absolute Gasteiger partial charge is 0.303 e. The first-order chi connectivity index (χ1) is 9.77. The highest BCUT2D eigenvalue weighted by molar-refractivity contribution is 5.66. The van der Waals surface area contributed by atoms with E-state index in [-0.39, 0.29) is 6.42 Å². The van der Waals surface area contributed by atoms with Gasteiger partial charge in [0.15, 0.2) is 0 Å². The van der Waals surface area contributed by atoms with Gasteiger partial charge in [0.25, 0.3) is 0 Å². The molecule has 0 unspecified atom stereocenters. The van der Waals surface area contributed by atoms with Gasteiger partial charge in [-0.25, -0.2) is 0 Å². The molecule has 0 aliphatic carbocycles. The molecule has 1 N–H and O–H groups in total. The normalized spacial score (nSPS) is 8.45. The standard InChI is InChI=1S/C18H24O2/c1-2-3-4-5-6-7-8-9-10-11-12-13-14-15-16-17-18(19)20/h2-4,11-17H2,1H3,(H,19,20). The van der Waals surface area contributed by atoms with Crippen molar-refractivity contribution in [2.45, 2.75) is 71.1 Å². The van der Waals surface area contributed by atoms with Gasteiger partial charge in [0.05, 0.1) is 0 Å². The Kier molecular flexibility index (Phi) is 13.8. The summed E-state index contributed by atoms with van der Waals surface area (Å²) in [5.74, 6) is 16.4. The third-order valence-corrected chi connectivity index (χ3v) is 2.71. The molecule has 0 radical (unpaired) electrons. The zero-order chi connectivity index (χ0) is 14.9. The fourth-order valence-electron chi connectivity index (χ4n) is 1.56. The number of rotatable bonds is 9. The monoisotopic (exact) mass is 272 g/mol. The molecule has 0 atom stereocenters. The average Bonchev–Trinajstić information content (AvgIpc) is 2.43. The largest absolute Gasteiger partial charge is 0.481 e. The summed E-state index contributed by atoms with van der Waals surface area (Å²) in [5.41, 5.74) is 0. The number of aliphatic carboxylic acids is 1. The van der Waals surface area contributed by atoms with E-state index in [0.717, 1.165) is 57.8 Å². The van der Waals surface area contributed by atoms with Crippen LogP contribution in [0.25, 0.3) is 0 Å². The van der Waals surface area contributed by atoms with E-state index in [1.165, 1.54) is 0 Å². The molecule has 0 bridgehead atoms. The van der Waals surface area contributed by atoms with E-state index in [1.54, 1.807) is 0 Å². The Labute approximate surface area is 123 Å². The Morgan fingerprint density at radius 1 is 0.800 bits per heavy atom. The van der Waals surface area contributed by atoms with Crippen molar-refractivity contribution in [2.75, 3.05) is 0 Å². The summed E-state index contributed by atoms with van der Waals surface area (Å²) in [5, 5.41) is 8.48. The Hall–Kier alpha value is -1.85. The third kappa shape index (κ3) is 16.1. The second kappa shape index (κ2) is 15.2. The molecule has 0 amide bonds. The summed E-state index contributed by atoms with van der Waals surface area (Å²) < 4.78 is 0. The first-order valence-electron chi connectivity index (χ1n) is 7.45. The maximum absolute atomic E-state index is 10.3. The van der Waals surface area contributed by atoms with Crippen LogP contribution in [0.2, 0.25) is 0 Å². The topological polar surface area (TPSA) is 37.3 Å². The predicted octanol–water partition coefficient (Wildman–Crippen LogP) is 4.00. The Morgan fingerprint density at radius 3 is 1.95 bits per heavy atom. The molecule has 2 heteroatoms. The van der Waals surface area contributed by atoms with Gasteiger partial charge >= 0.3 is 5.97 Å². The van der Waals surface area contributed by atoms with Gasteiger partial charge in [0.2, 0.25) is 0 Å². The number of hydrogen-bond acceptors (Lipinski definition) is 1. The molecule has 0 rings (SSSR count). The van der Waals surface area contributed by atoms with Crippen LogP contribution >= 0.6 is 0 Å². The van der Waals surface area contributed by atoms with Crippen LogP contribution in [0.1, 0.15) is 71.1 Å². The molecule has 0 aromatic rings. The van der Waals surface area contributed by atoms with Crippen molar-refractivity contribution in [3.8, 4) is 35.5 Å². The second-order valence-electron chi connectivity index (χ2n) is 4.62. The van der Waals surface area contributed by atoms with Crippen LogP contribution < -0.4 is 0 Å². The van der Waals surface area contributed by atoms with Gasteiger partial charge in [0, 0.05) is 19.3 Å². The maximum Gasteiger partial charge on any atom is 0.303 e. The lowest BCUT2D eigenvalue weighted by atomic mass is 10.1. The molecule has 0 aromatic carbocycles. The van der Waals surface area contributed by atoms with E-state index in [2.05, 4.69) is 42.4 Å². The van der Waals surface area contributed by atoms with Crippen molar-refractivity contribution in [1.29, 1.82) is 0 Å². The van der Waals surface area contributed by atoms with Crippen LogP contribution in [0, 0.1) is 35.5 Å². The summed E-state index contributed by atoms with van der Waals surface area (Å²) in [6.45, 7) is 2.14. The number of carboxylic acids is 1. The van der Waals surface area contributed by atoms with Gasteiger partial charge in [-0.15, -0.1) is 0 Å². The van der Waals surface area contributed by atoms with Crippen LogP contribution in [0.4, 0.5) is 0 Å². The molecule has 0 aliphatic rings. The van der Waals surface area contributed by atoms with E-state index in [1.807, 2.05) is 0 Å². The lowest BCUT2D eigenvalue weighted by Crippen LogP contribution is -1.93. The first kappa shape index (κ1) is 18.1. The van der Waals surface area contributed by atoms with Gasteiger partial charge < -0.3 is 5.11 Å². The van der Waals surface area contributed by atoms with Gasteiger partial charge in [-0.3, -0.25) is 4.79 Å². The minimum atomic E-state index is -0.702. The van der Waals surface area contributed by atoms with Crippen molar-refractivity contribution < 1.29 is 9.90 Å². The quantitative estimate of drug-likeness (QED) is 0.509. The molecule has 20 heavy (non-hydrogen) atoms. The highest BCUT2D eigenvalue weighted by Gasteiger charge is 1.95. The molecular formula is C18H24O2. The van der Waals surface area contributed by atoms with Crippen molar-refractivity contribution in [3.63, 3.8) is 0 Å². The first-order valence-corrected chi connectivity index (χ1v) is 7.45.